The average Bonchev–Trinajstić information content (AvgIpc) is 3.15. The van der Waals surface area contributed by atoms with Gasteiger partial charge in [0.25, 0.3) is 5.91 Å². The number of rotatable bonds is 7. The number of nitrogens with zero attached hydrogens (tertiary/aromatic N) is 2. The first-order chi connectivity index (χ1) is 14.0. The smallest absolute Gasteiger partial charge is 0.331 e. The molecule has 166 valence electrons. The van der Waals surface area contributed by atoms with Crippen LogP contribution < -0.4 is 10.6 Å². The molecule has 2 rings (SSSR count). The molecule has 2 heterocycles. The van der Waals surface area contributed by atoms with Crippen LogP contribution in [0, 0.1) is 12.8 Å². The highest BCUT2D eigenvalue weighted by molar-refractivity contribution is 7.91. The summed E-state index contributed by atoms with van der Waals surface area (Å²) in [5.41, 5.74) is 0.975. The number of urea groups is 1. The highest BCUT2D eigenvalue weighted by Crippen LogP contribution is 2.30. The number of imide groups is 1. The Hall–Kier alpha value is -2.40. The zero-order chi connectivity index (χ0) is 22.5. The SMILES string of the molecule is Cc1nn(C2CCS(=O)(=O)C2)c(Cl)c1C=CC(=O)OCC(=O)NC(=O)NCC(C)C. The van der Waals surface area contributed by atoms with Crippen LogP contribution in [0.5, 0.6) is 0 Å². The Morgan fingerprint density at radius 3 is 2.67 bits per heavy atom. The maximum absolute atomic E-state index is 11.9. The van der Waals surface area contributed by atoms with Crippen molar-refractivity contribution in [3.8, 4) is 0 Å². The molecule has 1 aliphatic heterocycles. The molecule has 1 fully saturated rings. The highest BCUT2D eigenvalue weighted by Gasteiger charge is 2.31. The molecule has 10 nitrogen and oxygen atoms in total. The lowest BCUT2D eigenvalue weighted by Crippen LogP contribution is -2.42. The number of nitrogens with one attached hydrogen (secondary N) is 2. The molecule has 1 aromatic rings. The van der Waals surface area contributed by atoms with Gasteiger partial charge in [0.15, 0.2) is 16.4 Å². The van der Waals surface area contributed by atoms with E-state index in [1.54, 1.807) is 6.92 Å². The molecule has 0 saturated carbocycles. The van der Waals surface area contributed by atoms with Gasteiger partial charge in [0.05, 0.1) is 23.2 Å². The zero-order valence-corrected chi connectivity index (χ0v) is 18.5. The van der Waals surface area contributed by atoms with E-state index in [-0.39, 0.29) is 28.6 Å². The van der Waals surface area contributed by atoms with Crippen LogP contribution in [0.15, 0.2) is 6.08 Å². The summed E-state index contributed by atoms with van der Waals surface area (Å²) in [5.74, 6) is -1.28. The van der Waals surface area contributed by atoms with Gasteiger partial charge in [0.1, 0.15) is 5.15 Å². The minimum atomic E-state index is -3.10. The third kappa shape index (κ3) is 6.84. The minimum Gasteiger partial charge on any atom is -0.452 e. The minimum absolute atomic E-state index is 0.0289. The molecular formula is C18H25ClN4O6S. The Balaban J connectivity index is 1.89. The van der Waals surface area contributed by atoms with Gasteiger partial charge in [-0.1, -0.05) is 25.4 Å². The van der Waals surface area contributed by atoms with Crippen LogP contribution in [0.1, 0.15) is 37.6 Å². The Morgan fingerprint density at radius 2 is 2.07 bits per heavy atom. The number of hydrogen-bond donors (Lipinski definition) is 2. The van der Waals surface area contributed by atoms with Gasteiger partial charge in [-0.2, -0.15) is 5.10 Å². The van der Waals surface area contributed by atoms with E-state index in [4.69, 9.17) is 16.3 Å². The molecule has 3 amide bonds. The lowest BCUT2D eigenvalue weighted by molar-refractivity contribution is -0.143. The number of carbonyl (C=O) groups is 3. The van der Waals surface area contributed by atoms with Crippen molar-refractivity contribution in [1.29, 1.82) is 0 Å². The summed E-state index contributed by atoms with van der Waals surface area (Å²) in [4.78, 5) is 35.0. The van der Waals surface area contributed by atoms with Crippen molar-refractivity contribution in [3.05, 3.63) is 22.5 Å². The lowest BCUT2D eigenvalue weighted by atomic mass is 10.2. The molecule has 1 atom stereocenters. The highest BCUT2D eigenvalue weighted by atomic mass is 35.5. The van der Waals surface area contributed by atoms with E-state index < -0.39 is 34.4 Å². The van der Waals surface area contributed by atoms with E-state index in [9.17, 15) is 22.8 Å². The molecule has 12 heteroatoms. The van der Waals surface area contributed by atoms with E-state index in [0.717, 1.165) is 6.08 Å². The molecule has 0 radical (unpaired) electrons. The van der Waals surface area contributed by atoms with Crippen molar-refractivity contribution in [2.45, 2.75) is 33.2 Å². The molecule has 0 aromatic carbocycles. The third-order valence-electron chi connectivity index (χ3n) is 4.28. The summed E-state index contributed by atoms with van der Waals surface area (Å²) in [5, 5.41) is 9.05. The van der Waals surface area contributed by atoms with Crippen LogP contribution >= 0.6 is 11.6 Å². The van der Waals surface area contributed by atoms with E-state index >= 15 is 0 Å². The second-order valence-corrected chi connectivity index (χ2v) is 9.97. The van der Waals surface area contributed by atoms with Crippen molar-refractivity contribution in [2.75, 3.05) is 24.7 Å². The van der Waals surface area contributed by atoms with Gasteiger partial charge in [-0.3, -0.25) is 10.1 Å². The molecule has 1 saturated heterocycles. The monoisotopic (exact) mass is 460 g/mol. The van der Waals surface area contributed by atoms with Crippen LogP contribution in [-0.2, 0) is 24.2 Å². The summed E-state index contributed by atoms with van der Waals surface area (Å²) >= 11 is 6.32. The van der Waals surface area contributed by atoms with Crippen molar-refractivity contribution >= 4 is 45.4 Å². The van der Waals surface area contributed by atoms with Crippen LogP contribution in [0.3, 0.4) is 0 Å². The maximum Gasteiger partial charge on any atom is 0.331 e. The molecule has 1 unspecified atom stereocenters. The molecule has 0 spiro atoms. The van der Waals surface area contributed by atoms with E-state index in [1.165, 1.54) is 10.8 Å². The summed E-state index contributed by atoms with van der Waals surface area (Å²) in [7, 11) is -3.10. The Bertz CT molecular complexity index is 954. The number of esters is 1. The fourth-order valence-electron chi connectivity index (χ4n) is 2.77. The molecule has 30 heavy (non-hydrogen) atoms. The fourth-order valence-corrected chi connectivity index (χ4v) is 4.84. The molecule has 0 bridgehead atoms. The first-order valence-corrected chi connectivity index (χ1v) is 11.6. The number of halogens is 1. The summed E-state index contributed by atoms with van der Waals surface area (Å²) in [6, 6.07) is -1.01. The normalized spacial score (nSPS) is 18.0. The summed E-state index contributed by atoms with van der Waals surface area (Å²) in [6.45, 7) is 5.28. The predicted molar refractivity (Wildman–Crippen MR) is 111 cm³/mol. The molecule has 0 aliphatic carbocycles. The number of aryl methyl sites for hydroxylation is 1. The first-order valence-electron chi connectivity index (χ1n) is 9.36. The van der Waals surface area contributed by atoms with Crippen LogP contribution in [0.4, 0.5) is 4.79 Å². The third-order valence-corrected chi connectivity index (χ3v) is 6.41. The Kier molecular flexibility index (Phi) is 8.02. The molecule has 1 aliphatic rings. The zero-order valence-electron chi connectivity index (χ0n) is 17.0. The molecular weight excluding hydrogens is 436 g/mol. The number of carbonyl (C=O) groups excluding carboxylic acids is 3. The van der Waals surface area contributed by atoms with Gasteiger partial charge in [-0.05, 0) is 25.3 Å². The molecule has 1 aromatic heterocycles. The van der Waals surface area contributed by atoms with Gasteiger partial charge >= 0.3 is 12.0 Å². The van der Waals surface area contributed by atoms with E-state index in [1.807, 2.05) is 13.8 Å². The fraction of sp³-hybridized carbons (Fsp3) is 0.556. The topological polar surface area (TPSA) is 136 Å². The van der Waals surface area contributed by atoms with Gasteiger partial charge in [-0.15, -0.1) is 0 Å². The summed E-state index contributed by atoms with van der Waals surface area (Å²) < 4.78 is 29.6. The largest absolute Gasteiger partial charge is 0.452 e. The van der Waals surface area contributed by atoms with Crippen LogP contribution in [0.25, 0.3) is 6.08 Å². The van der Waals surface area contributed by atoms with Crippen LogP contribution in [0.2, 0.25) is 5.15 Å². The van der Waals surface area contributed by atoms with E-state index in [0.29, 0.717) is 24.2 Å². The standard InChI is InChI=1S/C18H25ClN4O6S/c1-11(2)8-20-18(26)21-15(24)9-29-16(25)5-4-14-12(3)22-23(17(14)19)13-6-7-30(27,28)10-13/h4-5,11,13H,6-10H2,1-3H3,(H2,20,21,24,26). The Labute approximate surface area is 179 Å². The number of sulfone groups is 1. The van der Waals surface area contributed by atoms with Crippen LogP contribution in [-0.4, -0.2) is 60.8 Å². The maximum atomic E-state index is 11.9. The molecule has 2 N–H and O–H groups in total. The Morgan fingerprint density at radius 1 is 1.37 bits per heavy atom. The van der Waals surface area contributed by atoms with Crippen molar-refractivity contribution in [1.82, 2.24) is 20.4 Å². The number of ether oxygens (including phenoxy) is 1. The number of hydrogen-bond acceptors (Lipinski definition) is 7. The summed E-state index contributed by atoms with van der Waals surface area (Å²) in [6.07, 6.45) is 2.90. The average molecular weight is 461 g/mol. The van der Waals surface area contributed by atoms with Gasteiger partial charge in [0, 0.05) is 18.2 Å². The second kappa shape index (κ2) is 10.1. The van der Waals surface area contributed by atoms with Crippen molar-refractivity contribution in [2.24, 2.45) is 5.92 Å². The van der Waals surface area contributed by atoms with Gasteiger partial charge in [-0.25, -0.2) is 22.7 Å². The van der Waals surface area contributed by atoms with Gasteiger partial charge in [0.2, 0.25) is 0 Å². The first kappa shape index (κ1) is 23.9. The van der Waals surface area contributed by atoms with Gasteiger partial charge < -0.3 is 10.1 Å². The second-order valence-electron chi connectivity index (χ2n) is 7.38. The number of aromatic nitrogens is 2. The predicted octanol–water partition coefficient (Wildman–Crippen LogP) is 1.24. The van der Waals surface area contributed by atoms with Crippen molar-refractivity contribution in [3.63, 3.8) is 0 Å². The van der Waals surface area contributed by atoms with E-state index in [2.05, 4.69) is 15.7 Å². The number of amides is 3. The lowest BCUT2D eigenvalue weighted by Gasteiger charge is -2.09. The quantitative estimate of drug-likeness (QED) is 0.461. The van der Waals surface area contributed by atoms with Crippen molar-refractivity contribution < 1.29 is 27.5 Å².